The van der Waals surface area contributed by atoms with Crippen LogP contribution in [-0.2, 0) is 20.7 Å². The quantitative estimate of drug-likeness (QED) is 0.708. The highest BCUT2D eigenvalue weighted by Gasteiger charge is 2.38. The van der Waals surface area contributed by atoms with Gasteiger partial charge in [-0.3, -0.25) is 4.79 Å². The number of aromatic amines is 1. The molecule has 1 aliphatic rings. The number of carbonyl (C=O) groups excluding carboxylic acids is 1. The van der Waals surface area contributed by atoms with Gasteiger partial charge in [-0.05, 0) is 48.9 Å². The number of aryl methyl sites for hydroxylation is 1. The predicted molar refractivity (Wildman–Crippen MR) is 113 cm³/mol. The summed E-state index contributed by atoms with van der Waals surface area (Å²) in [6.07, 6.45) is 1.95. The highest BCUT2D eigenvalue weighted by atomic mass is 16.5. The van der Waals surface area contributed by atoms with Crippen molar-refractivity contribution in [2.24, 2.45) is 5.73 Å². The van der Waals surface area contributed by atoms with Crippen LogP contribution in [-0.4, -0.2) is 17.6 Å². The minimum Gasteiger partial charge on any atom is -0.463 e. The van der Waals surface area contributed by atoms with Crippen LogP contribution in [0.5, 0.6) is 0 Å². The molecular formula is C23H25N3O4. The molecule has 1 aliphatic heterocycles. The van der Waals surface area contributed by atoms with E-state index in [4.69, 9.17) is 15.2 Å². The van der Waals surface area contributed by atoms with E-state index in [1.807, 2.05) is 38.1 Å². The number of allylic oxidation sites excluding steroid dienone is 2. The Morgan fingerprint density at radius 3 is 2.70 bits per heavy atom. The smallest absolute Gasteiger partial charge is 0.338 e. The fourth-order valence-electron chi connectivity index (χ4n) is 3.68. The highest BCUT2D eigenvalue weighted by Crippen LogP contribution is 2.40. The standard InChI is InChI=1S/C23H25N3O4/c1-4-7-18-20(23(28)29-6-3)19(16(12-24)21(25)30-18)15-11-14-10-13(5-2)8-9-17(14)26-22(15)27/h8-11,19H,4-7,25H2,1-3H3,(H,26,27)/t19-/m1/s1. The maximum absolute atomic E-state index is 13.0. The zero-order chi connectivity index (χ0) is 21.8. The molecule has 1 aromatic carbocycles. The van der Waals surface area contributed by atoms with Crippen molar-refractivity contribution in [1.82, 2.24) is 4.98 Å². The van der Waals surface area contributed by atoms with Gasteiger partial charge in [0.1, 0.15) is 17.4 Å². The van der Waals surface area contributed by atoms with E-state index in [9.17, 15) is 14.9 Å². The third kappa shape index (κ3) is 3.81. The zero-order valence-corrected chi connectivity index (χ0v) is 17.4. The molecule has 3 N–H and O–H groups in total. The number of rotatable bonds is 6. The molecule has 0 bridgehead atoms. The Morgan fingerprint density at radius 1 is 1.30 bits per heavy atom. The van der Waals surface area contributed by atoms with Gasteiger partial charge >= 0.3 is 5.97 Å². The van der Waals surface area contributed by atoms with Crippen LogP contribution >= 0.6 is 0 Å². The molecule has 0 spiro atoms. The number of pyridine rings is 1. The number of nitrogens with two attached hydrogens (primary N) is 1. The summed E-state index contributed by atoms with van der Waals surface area (Å²) in [6, 6.07) is 9.53. The molecule has 2 aromatic rings. The van der Waals surface area contributed by atoms with Crippen molar-refractivity contribution in [2.75, 3.05) is 6.61 Å². The second-order valence-electron chi connectivity index (χ2n) is 7.06. The Balaban J connectivity index is 2.30. The van der Waals surface area contributed by atoms with Crippen LogP contribution in [0, 0.1) is 11.3 Å². The van der Waals surface area contributed by atoms with Crippen molar-refractivity contribution in [2.45, 2.75) is 46.0 Å². The Hall–Kier alpha value is -3.53. The maximum atomic E-state index is 13.0. The lowest BCUT2D eigenvalue weighted by Gasteiger charge is -2.27. The number of carbonyl (C=O) groups is 1. The predicted octanol–water partition coefficient (Wildman–Crippen LogP) is 3.52. The largest absolute Gasteiger partial charge is 0.463 e. The van der Waals surface area contributed by atoms with E-state index in [1.165, 1.54) is 0 Å². The number of hydrogen-bond donors (Lipinski definition) is 2. The van der Waals surface area contributed by atoms with Crippen LogP contribution < -0.4 is 11.3 Å². The Morgan fingerprint density at radius 2 is 2.07 bits per heavy atom. The molecule has 7 nitrogen and oxygen atoms in total. The molecule has 1 aromatic heterocycles. The number of hydrogen-bond acceptors (Lipinski definition) is 6. The molecule has 0 fully saturated rings. The summed E-state index contributed by atoms with van der Waals surface area (Å²) >= 11 is 0. The van der Waals surface area contributed by atoms with Gasteiger partial charge in [0.15, 0.2) is 0 Å². The van der Waals surface area contributed by atoms with Gasteiger partial charge in [0, 0.05) is 17.5 Å². The number of esters is 1. The molecular weight excluding hydrogens is 382 g/mol. The average Bonchev–Trinajstić information content (AvgIpc) is 2.73. The molecule has 1 atom stereocenters. The van der Waals surface area contributed by atoms with Crippen LogP contribution in [0.2, 0.25) is 0 Å². The first-order valence-corrected chi connectivity index (χ1v) is 10.1. The van der Waals surface area contributed by atoms with Crippen LogP contribution in [0.4, 0.5) is 0 Å². The summed E-state index contributed by atoms with van der Waals surface area (Å²) in [7, 11) is 0. The lowest BCUT2D eigenvalue weighted by Crippen LogP contribution is -2.29. The number of fused-ring (bicyclic) bond motifs is 1. The van der Waals surface area contributed by atoms with Crippen molar-refractivity contribution in [1.29, 1.82) is 5.26 Å². The van der Waals surface area contributed by atoms with Crippen molar-refractivity contribution < 1.29 is 14.3 Å². The minimum atomic E-state index is -0.956. The van der Waals surface area contributed by atoms with Gasteiger partial charge in [-0.25, -0.2) is 4.79 Å². The van der Waals surface area contributed by atoms with Crippen LogP contribution in [0.25, 0.3) is 10.9 Å². The molecule has 0 unspecified atom stereocenters. The Bertz CT molecular complexity index is 1150. The Kier molecular flexibility index (Phi) is 6.26. The first kappa shape index (κ1) is 21.2. The summed E-state index contributed by atoms with van der Waals surface area (Å²) in [5, 5.41) is 10.6. The van der Waals surface area contributed by atoms with Gasteiger partial charge < -0.3 is 20.2 Å². The Labute approximate surface area is 174 Å². The van der Waals surface area contributed by atoms with Crippen molar-refractivity contribution in [3.05, 3.63) is 68.5 Å². The lowest BCUT2D eigenvalue weighted by atomic mass is 9.82. The molecule has 7 heteroatoms. The summed E-state index contributed by atoms with van der Waals surface area (Å²) in [4.78, 5) is 28.7. The highest BCUT2D eigenvalue weighted by molar-refractivity contribution is 5.93. The average molecular weight is 407 g/mol. The van der Waals surface area contributed by atoms with Gasteiger partial charge in [0.2, 0.25) is 5.88 Å². The lowest BCUT2D eigenvalue weighted by molar-refractivity contribution is -0.139. The third-order valence-electron chi connectivity index (χ3n) is 5.13. The molecule has 156 valence electrons. The van der Waals surface area contributed by atoms with E-state index < -0.39 is 17.4 Å². The second-order valence-corrected chi connectivity index (χ2v) is 7.06. The molecule has 0 amide bonds. The maximum Gasteiger partial charge on any atom is 0.338 e. The fourth-order valence-corrected chi connectivity index (χ4v) is 3.68. The van der Waals surface area contributed by atoms with Gasteiger partial charge in [-0.1, -0.05) is 19.9 Å². The van der Waals surface area contributed by atoms with Crippen LogP contribution in [0.15, 0.2) is 51.8 Å². The summed E-state index contributed by atoms with van der Waals surface area (Å²) < 4.78 is 10.9. The molecule has 0 aliphatic carbocycles. The monoisotopic (exact) mass is 407 g/mol. The van der Waals surface area contributed by atoms with E-state index in [0.29, 0.717) is 24.1 Å². The fraction of sp³-hybridized carbons (Fsp3) is 0.348. The molecule has 30 heavy (non-hydrogen) atoms. The minimum absolute atomic E-state index is 0.0226. The second kappa shape index (κ2) is 8.87. The third-order valence-corrected chi connectivity index (χ3v) is 5.13. The molecule has 0 saturated carbocycles. The van der Waals surface area contributed by atoms with Crippen molar-refractivity contribution in [3.63, 3.8) is 0 Å². The number of nitrogens with one attached hydrogen (secondary N) is 1. The first-order valence-electron chi connectivity index (χ1n) is 10.1. The van der Waals surface area contributed by atoms with E-state index in [0.717, 1.165) is 17.4 Å². The van der Waals surface area contributed by atoms with Gasteiger partial charge in [0.25, 0.3) is 5.56 Å². The van der Waals surface area contributed by atoms with Gasteiger partial charge in [0.05, 0.1) is 18.1 Å². The summed E-state index contributed by atoms with van der Waals surface area (Å²) in [6.45, 7) is 5.83. The topological polar surface area (TPSA) is 118 Å². The van der Waals surface area contributed by atoms with Crippen molar-refractivity contribution in [3.8, 4) is 6.07 Å². The van der Waals surface area contributed by atoms with Crippen LogP contribution in [0.1, 0.15) is 50.7 Å². The first-order chi connectivity index (χ1) is 14.4. The number of benzene rings is 1. The number of aromatic nitrogens is 1. The van der Waals surface area contributed by atoms with E-state index in [2.05, 4.69) is 4.98 Å². The summed E-state index contributed by atoms with van der Waals surface area (Å²) in [5.74, 6) is -1.34. The van der Waals surface area contributed by atoms with E-state index >= 15 is 0 Å². The van der Waals surface area contributed by atoms with Gasteiger partial charge in [-0.15, -0.1) is 0 Å². The van der Waals surface area contributed by atoms with Crippen LogP contribution in [0.3, 0.4) is 0 Å². The molecule has 3 rings (SSSR count). The normalized spacial score (nSPS) is 16.4. The van der Waals surface area contributed by atoms with E-state index in [1.54, 1.807) is 13.0 Å². The number of H-pyrrole nitrogens is 1. The molecule has 0 saturated heterocycles. The molecule has 2 heterocycles. The van der Waals surface area contributed by atoms with E-state index in [-0.39, 0.29) is 29.2 Å². The van der Waals surface area contributed by atoms with Gasteiger partial charge in [-0.2, -0.15) is 5.26 Å². The number of nitriles is 1. The number of nitrogens with zero attached hydrogens (tertiary/aromatic N) is 1. The van der Waals surface area contributed by atoms with Crippen molar-refractivity contribution >= 4 is 16.9 Å². The summed E-state index contributed by atoms with van der Waals surface area (Å²) in [5.41, 5.74) is 7.85. The zero-order valence-electron chi connectivity index (χ0n) is 17.4. The SMILES string of the molecule is CCCC1=C(C(=O)OCC)[C@H](c2cc3cc(CC)ccc3[nH]c2=O)C(C#N)=C(N)O1. The molecule has 0 radical (unpaired) electrons. The number of ether oxygens (including phenoxy) is 2.